The van der Waals surface area contributed by atoms with E-state index in [1.54, 1.807) is 0 Å². The third-order valence-corrected chi connectivity index (χ3v) is 4.65. The summed E-state index contributed by atoms with van der Waals surface area (Å²) in [7, 11) is -3.24. The molecule has 0 spiro atoms. The van der Waals surface area contributed by atoms with Gasteiger partial charge in [0.25, 0.3) is 0 Å². The lowest BCUT2D eigenvalue weighted by atomic mass is 10.4. The normalized spacial score (nSPS) is 11.9. The smallest absolute Gasteiger partial charge is 0.286 e. The van der Waals surface area contributed by atoms with Gasteiger partial charge in [0.2, 0.25) is 0 Å². The minimum absolute atomic E-state index is 0.403. The summed E-state index contributed by atoms with van der Waals surface area (Å²) in [5.74, 6) is 0. The molecule has 0 bridgehead atoms. The molecule has 7 heteroatoms. The van der Waals surface area contributed by atoms with Gasteiger partial charge in [0.1, 0.15) is 46.0 Å². The van der Waals surface area contributed by atoms with Crippen molar-refractivity contribution in [2.24, 2.45) is 0 Å². The largest absolute Gasteiger partial charge is 0.493 e. The van der Waals surface area contributed by atoms with Crippen molar-refractivity contribution in [1.29, 1.82) is 0 Å². The van der Waals surface area contributed by atoms with Gasteiger partial charge in [-0.1, -0.05) is 13.3 Å². The fourth-order valence-electron chi connectivity index (χ4n) is 0.371. The number of hydrogen-bond donors (Lipinski definition) is 0. The Bertz CT molecular complexity index is 134. The molecule has 0 aromatic rings. The number of hydrogen-bond acceptors (Lipinski definition) is 4. The molecule has 0 amide bonds. The molecule has 0 unspecified atom stereocenters. The van der Waals surface area contributed by atoms with Crippen LogP contribution < -0.4 is 0 Å². The van der Waals surface area contributed by atoms with Crippen LogP contribution in [0.2, 0.25) is 0 Å². The lowest BCUT2D eigenvalue weighted by Gasteiger charge is -2.09. The average molecular weight is 406 g/mol. The maximum atomic E-state index is 11.1. The van der Waals surface area contributed by atoms with Gasteiger partial charge in [-0.15, -0.1) is 0 Å². The van der Waals surface area contributed by atoms with Crippen molar-refractivity contribution in [2.75, 3.05) is 6.61 Å². The molecule has 0 radical (unpaired) electrons. The first-order chi connectivity index (χ1) is 5.18. The van der Waals surface area contributed by atoms with Gasteiger partial charge in [0, 0.05) is 0 Å². The highest BCUT2D eigenvalue weighted by Crippen LogP contribution is 2.53. The number of rotatable bonds is 6. The Morgan fingerprint density at radius 1 is 1.36 bits per heavy atom. The Kier molecular flexibility index (Phi) is 8.02. The minimum Gasteiger partial charge on any atom is -0.286 e. The van der Waals surface area contributed by atoms with Crippen LogP contribution in [0.1, 0.15) is 19.8 Å². The van der Waals surface area contributed by atoms with Crippen LogP contribution in [-0.2, 0) is 14.8 Å². The molecule has 0 fully saturated rings. The maximum absolute atomic E-state index is 11.1. The highest BCUT2D eigenvalue weighted by molar-refractivity contribution is 14.1. The van der Waals surface area contributed by atoms with Crippen molar-refractivity contribution in [3.05, 3.63) is 0 Å². The van der Waals surface area contributed by atoms with E-state index >= 15 is 0 Å². The van der Waals surface area contributed by atoms with E-state index in [4.69, 9.17) is 4.52 Å². The molecule has 68 valence electrons. The van der Waals surface area contributed by atoms with E-state index in [0.29, 0.717) is 6.61 Å². The zero-order valence-corrected chi connectivity index (χ0v) is 11.2. The number of phosphoric acid groups is 1. The summed E-state index contributed by atoms with van der Waals surface area (Å²) < 4.78 is 25.0. The Hall–Kier alpha value is 1.57. The Morgan fingerprint density at radius 2 is 1.91 bits per heavy atom. The first-order valence-electron chi connectivity index (χ1n) is 3.03. The van der Waals surface area contributed by atoms with Gasteiger partial charge in [0.15, 0.2) is 0 Å². The van der Waals surface area contributed by atoms with E-state index in [1.165, 1.54) is 46.0 Å². The third-order valence-electron chi connectivity index (χ3n) is 0.916. The quantitative estimate of drug-likeness (QED) is 0.384. The first kappa shape index (κ1) is 12.6. The molecule has 0 rings (SSSR count). The third kappa shape index (κ3) is 5.75. The van der Waals surface area contributed by atoms with Gasteiger partial charge in [-0.3, -0.25) is 4.52 Å². The summed E-state index contributed by atoms with van der Waals surface area (Å²) in [5, 5.41) is 0. The second kappa shape index (κ2) is 7.02. The molecule has 0 aliphatic rings. The van der Waals surface area contributed by atoms with Crippen LogP contribution >= 0.6 is 53.8 Å². The zero-order chi connectivity index (χ0) is 8.74. The molecule has 11 heavy (non-hydrogen) atoms. The van der Waals surface area contributed by atoms with E-state index < -0.39 is 7.82 Å². The van der Waals surface area contributed by atoms with Crippen LogP contribution in [-0.4, -0.2) is 6.61 Å². The van der Waals surface area contributed by atoms with Crippen molar-refractivity contribution >= 4 is 53.8 Å². The summed E-state index contributed by atoms with van der Waals surface area (Å²) in [6.07, 6.45) is 1.84. The Labute approximate surface area is 94.4 Å². The molecule has 0 aliphatic carbocycles. The zero-order valence-electron chi connectivity index (χ0n) is 5.96. The van der Waals surface area contributed by atoms with Crippen LogP contribution in [0.3, 0.4) is 0 Å². The molecule has 4 nitrogen and oxygen atoms in total. The van der Waals surface area contributed by atoms with E-state index in [0.717, 1.165) is 12.8 Å². The second-order valence-electron chi connectivity index (χ2n) is 1.77. The molecular weight excluding hydrogens is 397 g/mol. The van der Waals surface area contributed by atoms with Crippen molar-refractivity contribution in [1.82, 2.24) is 0 Å². The molecule has 0 atom stereocenters. The van der Waals surface area contributed by atoms with E-state index in [-0.39, 0.29) is 0 Å². The maximum Gasteiger partial charge on any atom is 0.493 e. The van der Waals surface area contributed by atoms with Crippen molar-refractivity contribution in [3.63, 3.8) is 0 Å². The SMILES string of the molecule is CCCCOP(=O)(OI)OI. The van der Waals surface area contributed by atoms with E-state index in [9.17, 15) is 4.57 Å². The van der Waals surface area contributed by atoms with E-state index in [1.807, 2.05) is 6.92 Å². The van der Waals surface area contributed by atoms with Gasteiger partial charge in [-0.25, -0.2) is 10.3 Å². The van der Waals surface area contributed by atoms with Gasteiger partial charge in [-0.05, 0) is 6.42 Å². The molecule has 0 saturated heterocycles. The number of unbranched alkanes of at least 4 members (excludes halogenated alkanes) is 1. The molecular formula is C4H9I2O4P. The average Bonchev–Trinajstić information content (AvgIpc) is 2.05. The Morgan fingerprint density at radius 3 is 2.27 bits per heavy atom. The van der Waals surface area contributed by atoms with Crippen molar-refractivity contribution < 1.29 is 14.8 Å². The van der Waals surface area contributed by atoms with Crippen LogP contribution in [0.4, 0.5) is 0 Å². The summed E-state index contributed by atoms with van der Waals surface area (Å²) in [6.45, 7) is 2.42. The van der Waals surface area contributed by atoms with Gasteiger partial charge in [-0.2, -0.15) is 0 Å². The van der Waals surface area contributed by atoms with Gasteiger partial charge < -0.3 is 0 Å². The molecule has 0 aliphatic heterocycles. The van der Waals surface area contributed by atoms with Crippen LogP contribution in [0, 0.1) is 0 Å². The van der Waals surface area contributed by atoms with Crippen LogP contribution in [0.5, 0.6) is 0 Å². The minimum atomic E-state index is -3.24. The van der Waals surface area contributed by atoms with Crippen molar-refractivity contribution in [2.45, 2.75) is 19.8 Å². The fraction of sp³-hybridized carbons (Fsp3) is 1.00. The second-order valence-corrected chi connectivity index (χ2v) is 5.56. The lowest BCUT2D eigenvalue weighted by Crippen LogP contribution is -1.92. The molecule has 0 N–H and O–H groups in total. The topological polar surface area (TPSA) is 44.8 Å². The highest BCUT2D eigenvalue weighted by atomic mass is 127. The van der Waals surface area contributed by atoms with E-state index in [2.05, 4.69) is 5.71 Å². The summed E-state index contributed by atoms with van der Waals surface area (Å²) in [4.78, 5) is 0. The monoisotopic (exact) mass is 406 g/mol. The molecule has 0 aromatic heterocycles. The molecule has 0 heterocycles. The Balaban J connectivity index is 3.61. The fourth-order valence-corrected chi connectivity index (χ4v) is 2.91. The predicted octanol–water partition coefficient (Wildman–Crippen LogP) is 3.64. The first-order valence-corrected chi connectivity index (χ1v) is 6.26. The lowest BCUT2D eigenvalue weighted by molar-refractivity contribution is 0.237. The van der Waals surface area contributed by atoms with Crippen molar-refractivity contribution in [3.8, 4) is 0 Å². The van der Waals surface area contributed by atoms with Crippen LogP contribution in [0.15, 0.2) is 0 Å². The standard InChI is InChI=1S/C4H9I2O4P/c1-2-3-4-8-11(7,9-5)10-6/h2-4H2,1H3. The molecule has 0 aromatic carbocycles. The summed E-state index contributed by atoms with van der Waals surface area (Å²) in [5.41, 5.74) is 0. The number of halogens is 2. The van der Waals surface area contributed by atoms with Gasteiger partial charge in [0.05, 0.1) is 6.61 Å². The highest BCUT2D eigenvalue weighted by Gasteiger charge is 2.24. The van der Waals surface area contributed by atoms with Gasteiger partial charge >= 0.3 is 7.82 Å². The summed E-state index contributed by atoms with van der Waals surface area (Å²) in [6, 6.07) is 0. The van der Waals surface area contributed by atoms with Crippen LogP contribution in [0.25, 0.3) is 0 Å². The molecule has 0 saturated carbocycles. The summed E-state index contributed by atoms with van der Waals surface area (Å²) >= 11 is 3.00. The predicted molar refractivity (Wildman–Crippen MR) is 58.7 cm³/mol.